The van der Waals surface area contributed by atoms with Crippen LogP contribution in [0.5, 0.6) is 0 Å². The van der Waals surface area contributed by atoms with Gasteiger partial charge in [-0.15, -0.1) is 0 Å². The molecule has 0 fully saturated rings. The van der Waals surface area contributed by atoms with Crippen molar-refractivity contribution in [1.29, 1.82) is 0 Å². The highest BCUT2D eigenvalue weighted by atomic mass is 16.5. The molecule has 2 heterocycles. The van der Waals surface area contributed by atoms with Crippen LogP contribution < -0.4 is 0 Å². The summed E-state index contributed by atoms with van der Waals surface area (Å²) in [6.07, 6.45) is 6.69. The molecule has 0 saturated heterocycles. The smallest absolute Gasteiger partial charge is 0.418 e. The molecule has 0 atom stereocenters. The summed E-state index contributed by atoms with van der Waals surface area (Å²) in [6.45, 7) is 2.53. The highest BCUT2D eigenvalue weighted by Gasteiger charge is 2.08. The summed E-state index contributed by atoms with van der Waals surface area (Å²) in [5.74, 6) is 0. The molecule has 16 heavy (non-hydrogen) atoms. The van der Waals surface area contributed by atoms with Crippen molar-refractivity contribution in [2.75, 3.05) is 6.61 Å². The molecule has 0 aliphatic carbocycles. The first-order valence-electron chi connectivity index (χ1n) is 5.41. The van der Waals surface area contributed by atoms with Crippen molar-refractivity contribution < 1.29 is 9.53 Å². The molecule has 0 unspecified atom stereocenters. The molecule has 0 bridgehead atoms. The summed E-state index contributed by atoms with van der Waals surface area (Å²) >= 11 is 0. The van der Waals surface area contributed by atoms with Gasteiger partial charge in [-0.25, -0.2) is 4.79 Å². The van der Waals surface area contributed by atoms with Gasteiger partial charge >= 0.3 is 6.09 Å². The monoisotopic (exact) mass is 218 g/mol. The zero-order valence-corrected chi connectivity index (χ0v) is 9.22. The lowest BCUT2D eigenvalue weighted by Crippen LogP contribution is -2.13. The number of rotatable bonds is 3. The zero-order valence-electron chi connectivity index (χ0n) is 9.22. The maximum Gasteiger partial charge on any atom is 0.418 e. The molecule has 2 aromatic heterocycles. The number of fused-ring (bicyclic) bond motifs is 1. The van der Waals surface area contributed by atoms with Crippen LogP contribution in [-0.2, 0) is 4.74 Å². The summed E-state index contributed by atoms with van der Waals surface area (Å²) in [4.78, 5) is 15.7. The molecule has 4 nitrogen and oxygen atoms in total. The Hall–Kier alpha value is -1.84. The standard InChI is InChI=1S/C12H14N2O2/c1-2-3-8-16-12(15)14-7-5-10-9-13-6-4-11(10)14/h4-7,9H,2-3,8H2,1H3. The van der Waals surface area contributed by atoms with Crippen LogP contribution in [0.2, 0.25) is 0 Å². The second-order valence-corrected chi connectivity index (χ2v) is 3.59. The van der Waals surface area contributed by atoms with E-state index < -0.39 is 0 Å². The molecular weight excluding hydrogens is 204 g/mol. The van der Waals surface area contributed by atoms with Crippen molar-refractivity contribution in [2.45, 2.75) is 19.8 Å². The number of carbonyl (C=O) groups excluding carboxylic acids is 1. The first-order chi connectivity index (χ1) is 7.83. The van der Waals surface area contributed by atoms with Gasteiger partial charge in [0.25, 0.3) is 0 Å². The van der Waals surface area contributed by atoms with E-state index in [1.807, 2.05) is 6.07 Å². The topological polar surface area (TPSA) is 44.1 Å². The van der Waals surface area contributed by atoms with Gasteiger partial charge in [0.05, 0.1) is 12.1 Å². The molecule has 4 heteroatoms. The van der Waals surface area contributed by atoms with Gasteiger partial charge < -0.3 is 4.74 Å². The molecule has 0 amide bonds. The first-order valence-corrected chi connectivity index (χ1v) is 5.41. The Balaban J connectivity index is 2.17. The number of hydrogen-bond donors (Lipinski definition) is 0. The minimum absolute atomic E-state index is 0.324. The summed E-state index contributed by atoms with van der Waals surface area (Å²) in [7, 11) is 0. The maximum atomic E-state index is 11.7. The van der Waals surface area contributed by atoms with Crippen LogP contribution in [-0.4, -0.2) is 22.3 Å². The highest BCUT2D eigenvalue weighted by Crippen LogP contribution is 2.13. The van der Waals surface area contributed by atoms with E-state index in [1.165, 1.54) is 4.57 Å². The van der Waals surface area contributed by atoms with Crippen molar-refractivity contribution in [2.24, 2.45) is 0 Å². The SMILES string of the molecule is CCCCOC(=O)n1ccc2cnccc21. The largest absolute Gasteiger partial charge is 0.449 e. The molecule has 0 aromatic carbocycles. The lowest BCUT2D eigenvalue weighted by molar-refractivity contribution is 0.147. The van der Waals surface area contributed by atoms with Crippen molar-refractivity contribution in [3.05, 3.63) is 30.7 Å². The maximum absolute atomic E-state index is 11.7. The van der Waals surface area contributed by atoms with Crippen molar-refractivity contribution in [3.8, 4) is 0 Å². The molecule has 0 saturated carbocycles. The van der Waals surface area contributed by atoms with Crippen LogP contribution in [0, 0.1) is 0 Å². The number of unbranched alkanes of at least 4 members (excludes halogenated alkanes) is 1. The molecular formula is C12H14N2O2. The third kappa shape index (κ3) is 2.05. The Morgan fingerprint density at radius 1 is 1.50 bits per heavy atom. The van der Waals surface area contributed by atoms with Gasteiger partial charge in [-0.3, -0.25) is 9.55 Å². The van der Waals surface area contributed by atoms with E-state index in [1.54, 1.807) is 24.7 Å². The number of ether oxygens (including phenoxy) is 1. The van der Waals surface area contributed by atoms with Crippen molar-refractivity contribution >= 4 is 17.0 Å². The zero-order chi connectivity index (χ0) is 11.4. The van der Waals surface area contributed by atoms with Crippen LogP contribution >= 0.6 is 0 Å². The fourth-order valence-electron chi connectivity index (χ4n) is 1.51. The van der Waals surface area contributed by atoms with Gasteiger partial charge in [-0.2, -0.15) is 0 Å². The minimum Gasteiger partial charge on any atom is -0.449 e. The molecule has 0 spiro atoms. The summed E-state index contributed by atoms with van der Waals surface area (Å²) in [5, 5.41) is 0.940. The van der Waals surface area contributed by atoms with E-state index in [-0.39, 0.29) is 6.09 Å². The van der Waals surface area contributed by atoms with E-state index in [9.17, 15) is 4.79 Å². The Kier molecular flexibility index (Phi) is 3.19. The van der Waals surface area contributed by atoms with E-state index in [0.717, 1.165) is 23.7 Å². The molecule has 2 rings (SSSR count). The normalized spacial score (nSPS) is 10.6. The van der Waals surface area contributed by atoms with Gasteiger partial charge in [0.2, 0.25) is 0 Å². The Labute approximate surface area is 93.9 Å². The number of nitrogens with zero attached hydrogens (tertiary/aromatic N) is 2. The first kappa shape index (κ1) is 10.7. The predicted molar refractivity (Wildman–Crippen MR) is 61.4 cm³/mol. The van der Waals surface area contributed by atoms with Gasteiger partial charge in [-0.05, 0) is 18.6 Å². The Morgan fingerprint density at radius 3 is 3.19 bits per heavy atom. The van der Waals surface area contributed by atoms with Crippen LogP contribution in [0.25, 0.3) is 10.9 Å². The van der Waals surface area contributed by atoms with E-state index >= 15 is 0 Å². The fourth-order valence-corrected chi connectivity index (χ4v) is 1.51. The molecule has 0 aliphatic rings. The summed E-state index contributed by atoms with van der Waals surface area (Å²) in [5.41, 5.74) is 0.830. The lowest BCUT2D eigenvalue weighted by Gasteiger charge is -2.05. The average molecular weight is 218 g/mol. The van der Waals surface area contributed by atoms with Crippen LogP contribution in [0.1, 0.15) is 19.8 Å². The third-order valence-corrected chi connectivity index (χ3v) is 2.41. The number of hydrogen-bond acceptors (Lipinski definition) is 3. The number of aromatic nitrogens is 2. The quantitative estimate of drug-likeness (QED) is 0.744. The predicted octanol–water partition coefficient (Wildman–Crippen LogP) is 2.82. The van der Waals surface area contributed by atoms with Crippen LogP contribution in [0.15, 0.2) is 30.7 Å². The molecule has 0 radical (unpaired) electrons. The van der Waals surface area contributed by atoms with Gasteiger partial charge in [0.15, 0.2) is 0 Å². The number of carbonyl (C=O) groups is 1. The minimum atomic E-state index is -0.324. The van der Waals surface area contributed by atoms with E-state index in [0.29, 0.717) is 6.61 Å². The Bertz CT molecular complexity index is 490. The summed E-state index contributed by atoms with van der Waals surface area (Å²) < 4.78 is 6.65. The molecule has 2 aromatic rings. The molecule has 0 aliphatic heterocycles. The van der Waals surface area contributed by atoms with Crippen LogP contribution in [0.3, 0.4) is 0 Å². The number of pyridine rings is 1. The Morgan fingerprint density at radius 2 is 2.38 bits per heavy atom. The van der Waals surface area contributed by atoms with Crippen LogP contribution in [0.4, 0.5) is 4.79 Å². The van der Waals surface area contributed by atoms with Gasteiger partial charge in [0.1, 0.15) is 0 Å². The molecule has 84 valence electrons. The lowest BCUT2D eigenvalue weighted by atomic mass is 10.3. The second kappa shape index (κ2) is 4.79. The average Bonchev–Trinajstić information content (AvgIpc) is 2.73. The van der Waals surface area contributed by atoms with Gasteiger partial charge in [-0.1, -0.05) is 13.3 Å². The van der Waals surface area contributed by atoms with E-state index in [2.05, 4.69) is 11.9 Å². The molecule has 0 N–H and O–H groups in total. The third-order valence-electron chi connectivity index (χ3n) is 2.41. The van der Waals surface area contributed by atoms with Crippen molar-refractivity contribution in [3.63, 3.8) is 0 Å². The van der Waals surface area contributed by atoms with Gasteiger partial charge in [0, 0.05) is 24.0 Å². The van der Waals surface area contributed by atoms with E-state index in [4.69, 9.17) is 4.74 Å². The highest BCUT2D eigenvalue weighted by molar-refractivity contribution is 5.88. The fraction of sp³-hybridized carbons (Fsp3) is 0.333. The van der Waals surface area contributed by atoms with Crippen molar-refractivity contribution in [1.82, 2.24) is 9.55 Å². The summed E-state index contributed by atoms with van der Waals surface area (Å²) in [6, 6.07) is 3.65. The second-order valence-electron chi connectivity index (χ2n) is 3.59.